The summed E-state index contributed by atoms with van der Waals surface area (Å²) in [6, 6.07) is 0. The monoisotopic (exact) mass is 252 g/mol. The van der Waals surface area contributed by atoms with Crippen molar-refractivity contribution in [3.05, 3.63) is 18.2 Å². The molecule has 1 aliphatic rings. The topological polar surface area (TPSA) is 53.3 Å². The SMILES string of the molecule is CCOC(=O)C(C)Cc1cncn1CC1CCO1. The summed E-state index contributed by atoms with van der Waals surface area (Å²) in [7, 11) is 0. The molecule has 5 heteroatoms. The molecule has 1 aliphatic heterocycles. The van der Waals surface area contributed by atoms with Crippen molar-refractivity contribution in [2.24, 2.45) is 5.92 Å². The maximum Gasteiger partial charge on any atom is 0.309 e. The fourth-order valence-electron chi connectivity index (χ4n) is 2.01. The maximum atomic E-state index is 11.6. The molecule has 100 valence electrons. The number of carbonyl (C=O) groups is 1. The first kappa shape index (κ1) is 13.1. The highest BCUT2D eigenvalue weighted by Crippen LogP contribution is 2.16. The Morgan fingerprint density at radius 1 is 1.72 bits per heavy atom. The second-order valence-corrected chi connectivity index (χ2v) is 4.68. The minimum absolute atomic E-state index is 0.136. The van der Waals surface area contributed by atoms with E-state index in [0.717, 1.165) is 25.3 Å². The second kappa shape index (κ2) is 6.00. The number of nitrogens with zero attached hydrogens (tertiary/aromatic N) is 2. The third-order valence-electron chi connectivity index (χ3n) is 3.20. The fourth-order valence-corrected chi connectivity index (χ4v) is 2.01. The number of rotatable bonds is 6. The van der Waals surface area contributed by atoms with Gasteiger partial charge in [-0.15, -0.1) is 0 Å². The molecule has 5 nitrogen and oxygen atoms in total. The Morgan fingerprint density at radius 3 is 3.11 bits per heavy atom. The average molecular weight is 252 g/mol. The Labute approximate surface area is 107 Å². The molecule has 1 aromatic rings. The number of aromatic nitrogens is 2. The van der Waals surface area contributed by atoms with E-state index in [-0.39, 0.29) is 11.9 Å². The van der Waals surface area contributed by atoms with E-state index in [1.807, 2.05) is 20.0 Å². The molecule has 18 heavy (non-hydrogen) atoms. The fraction of sp³-hybridized carbons (Fsp3) is 0.692. The standard InChI is InChI=1S/C13H20N2O3/c1-3-17-13(16)10(2)6-11-7-14-9-15(11)8-12-4-5-18-12/h7,9-10,12H,3-6,8H2,1-2H3. The van der Waals surface area contributed by atoms with Crippen LogP contribution in [0.2, 0.25) is 0 Å². The Hall–Kier alpha value is -1.36. The van der Waals surface area contributed by atoms with Crippen molar-refractivity contribution in [1.29, 1.82) is 0 Å². The Bertz CT molecular complexity index is 399. The van der Waals surface area contributed by atoms with Crippen LogP contribution in [-0.4, -0.2) is 34.8 Å². The predicted octanol–water partition coefficient (Wildman–Crippen LogP) is 1.41. The first-order valence-electron chi connectivity index (χ1n) is 6.48. The van der Waals surface area contributed by atoms with Crippen molar-refractivity contribution in [2.45, 2.75) is 39.3 Å². The van der Waals surface area contributed by atoms with Crippen molar-refractivity contribution in [3.63, 3.8) is 0 Å². The summed E-state index contributed by atoms with van der Waals surface area (Å²) in [6.45, 7) is 5.81. The molecule has 0 aliphatic carbocycles. The Morgan fingerprint density at radius 2 is 2.50 bits per heavy atom. The van der Waals surface area contributed by atoms with Crippen molar-refractivity contribution in [3.8, 4) is 0 Å². The van der Waals surface area contributed by atoms with Crippen LogP contribution in [0.5, 0.6) is 0 Å². The summed E-state index contributed by atoms with van der Waals surface area (Å²) in [4.78, 5) is 15.7. The van der Waals surface area contributed by atoms with Crippen LogP contribution in [0.1, 0.15) is 26.0 Å². The molecule has 0 amide bonds. The lowest BCUT2D eigenvalue weighted by Crippen LogP contribution is -2.31. The molecular formula is C13H20N2O3. The summed E-state index contributed by atoms with van der Waals surface area (Å²) in [6.07, 6.45) is 5.68. The van der Waals surface area contributed by atoms with E-state index >= 15 is 0 Å². The summed E-state index contributed by atoms with van der Waals surface area (Å²) in [5.41, 5.74) is 1.06. The van der Waals surface area contributed by atoms with Crippen molar-refractivity contribution < 1.29 is 14.3 Å². The van der Waals surface area contributed by atoms with E-state index in [9.17, 15) is 4.79 Å². The maximum absolute atomic E-state index is 11.6. The number of hydrogen-bond donors (Lipinski definition) is 0. The molecule has 0 saturated carbocycles. The molecule has 0 radical (unpaired) electrons. The number of carbonyl (C=O) groups excluding carboxylic acids is 1. The molecule has 0 spiro atoms. The van der Waals surface area contributed by atoms with E-state index in [1.54, 1.807) is 6.33 Å². The van der Waals surface area contributed by atoms with Gasteiger partial charge in [-0.3, -0.25) is 4.79 Å². The Balaban J connectivity index is 1.91. The Kier molecular flexibility index (Phi) is 4.36. The number of esters is 1. The summed E-state index contributed by atoms with van der Waals surface area (Å²) in [5.74, 6) is -0.284. The van der Waals surface area contributed by atoms with Gasteiger partial charge in [-0.05, 0) is 13.3 Å². The first-order valence-corrected chi connectivity index (χ1v) is 6.48. The molecule has 1 saturated heterocycles. The lowest BCUT2D eigenvalue weighted by Gasteiger charge is -2.27. The van der Waals surface area contributed by atoms with E-state index in [0.29, 0.717) is 19.1 Å². The molecule has 1 aromatic heterocycles. The molecule has 0 aromatic carbocycles. The van der Waals surface area contributed by atoms with Crippen molar-refractivity contribution in [1.82, 2.24) is 9.55 Å². The average Bonchev–Trinajstić information content (AvgIpc) is 2.71. The third-order valence-corrected chi connectivity index (χ3v) is 3.20. The zero-order chi connectivity index (χ0) is 13.0. The quantitative estimate of drug-likeness (QED) is 0.718. The van der Waals surface area contributed by atoms with Crippen LogP contribution < -0.4 is 0 Å². The van der Waals surface area contributed by atoms with Gasteiger partial charge in [0.2, 0.25) is 0 Å². The highest BCUT2D eigenvalue weighted by Gasteiger charge is 2.21. The number of hydrogen-bond acceptors (Lipinski definition) is 4. The minimum Gasteiger partial charge on any atom is -0.466 e. The van der Waals surface area contributed by atoms with Gasteiger partial charge in [-0.2, -0.15) is 0 Å². The lowest BCUT2D eigenvalue weighted by atomic mass is 10.1. The zero-order valence-electron chi connectivity index (χ0n) is 11.0. The van der Waals surface area contributed by atoms with Gasteiger partial charge in [-0.25, -0.2) is 4.98 Å². The van der Waals surface area contributed by atoms with Gasteiger partial charge in [-0.1, -0.05) is 6.92 Å². The molecular weight excluding hydrogens is 232 g/mol. The summed E-state index contributed by atoms with van der Waals surface area (Å²) in [5, 5.41) is 0. The van der Waals surface area contributed by atoms with Crippen LogP contribution in [0.3, 0.4) is 0 Å². The molecule has 2 rings (SSSR count). The van der Waals surface area contributed by atoms with Crippen molar-refractivity contribution >= 4 is 5.97 Å². The van der Waals surface area contributed by atoms with Crippen LogP contribution in [0.4, 0.5) is 0 Å². The number of ether oxygens (including phenoxy) is 2. The zero-order valence-corrected chi connectivity index (χ0v) is 11.0. The van der Waals surface area contributed by atoms with Gasteiger partial charge < -0.3 is 14.0 Å². The van der Waals surface area contributed by atoms with Crippen LogP contribution in [0, 0.1) is 5.92 Å². The van der Waals surface area contributed by atoms with Gasteiger partial charge >= 0.3 is 5.97 Å². The molecule has 2 heterocycles. The predicted molar refractivity (Wildman–Crippen MR) is 66.1 cm³/mol. The smallest absolute Gasteiger partial charge is 0.309 e. The van der Waals surface area contributed by atoms with Crippen LogP contribution in [-0.2, 0) is 27.2 Å². The molecule has 2 unspecified atom stereocenters. The summed E-state index contributed by atoms with van der Waals surface area (Å²) >= 11 is 0. The van der Waals surface area contributed by atoms with Gasteiger partial charge in [0.15, 0.2) is 0 Å². The van der Waals surface area contributed by atoms with Gasteiger partial charge in [0, 0.05) is 24.9 Å². The largest absolute Gasteiger partial charge is 0.466 e. The van der Waals surface area contributed by atoms with Crippen LogP contribution in [0.25, 0.3) is 0 Å². The van der Waals surface area contributed by atoms with Crippen LogP contribution in [0.15, 0.2) is 12.5 Å². The van der Waals surface area contributed by atoms with Crippen molar-refractivity contribution in [2.75, 3.05) is 13.2 Å². The van der Waals surface area contributed by atoms with Crippen LogP contribution >= 0.6 is 0 Å². The van der Waals surface area contributed by atoms with Gasteiger partial charge in [0.05, 0.1) is 31.5 Å². The second-order valence-electron chi connectivity index (χ2n) is 4.68. The molecule has 0 N–H and O–H groups in total. The van der Waals surface area contributed by atoms with E-state index in [4.69, 9.17) is 9.47 Å². The van der Waals surface area contributed by atoms with Gasteiger partial charge in [0.25, 0.3) is 0 Å². The van der Waals surface area contributed by atoms with E-state index in [1.165, 1.54) is 0 Å². The highest BCUT2D eigenvalue weighted by atomic mass is 16.5. The molecule has 1 fully saturated rings. The molecule has 0 bridgehead atoms. The van der Waals surface area contributed by atoms with E-state index in [2.05, 4.69) is 9.55 Å². The highest BCUT2D eigenvalue weighted by molar-refractivity contribution is 5.72. The minimum atomic E-state index is -0.148. The molecule has 2 atom stereocenters. The summed E-state index contributed by atoms with van der Waals surface area (Å²) < 4.78 is 12.5. The third kappa shape index (κ3) is 3.10. The number of imidazole rings is 1. The van der Waals surface area contributed by atoms with E-state index < -0.39 is 0 Å². The normalized spacial score (nSPS) is 20.2. The van der Waals surface area contributed by atoms with Gasteiger partial charge in [0.1, 0.15) is 0 Å². The first-order chi connectivity index (χ1) is 8.70. The lowest BCUT2D eigenvalue weighted by molar-refractivity contribution is -0.147.